The van der Waals surface area contributed by atoms with Crippen LogP contribution in [0.3, 0.4) is 0 Å². The van der Waals surface area contributed by atoms with Gasteiger partial charge in [-0.25, -0.2) is 0 Å². The fourth-order valence-corrected chi connectivity index (χ4v) is 1.81. The van der Waals surface area contributed by atoms with Gasteiger partial charge in [-0.2, -0.15) is 0 Å². The number of hydrogen-bond acceptors (Lipinski definition) is 4. The van der Waals surface area contributed by atoms with Crippen LogP contribution in [-0.2, 0) is 14.3 Å². The second-order valence-electron chi connectivity index (χ2n) is 5.54. The van der Waals surface area contributed by atoms with Gasteiger partial charge in [-0.1, -0.05) is 26.7 Å². The zero-order valence-corrected chi connectivity index (χ0v) is 12.9. The van der Waals surface area contributed by atoms with Gasteiger partial charge in [-0.05, 0) is 26.3 Å². The first-order valence-corrected chi connectivity index (χ1v) is 6.89. The van der Waals surface area contributed by atoms with Gasteiger partial charge in [-0.3, -0.25) is 14.5 Å². The number of rotatable bonds is 9. The number of hydrogen-bond donors (Lipinski definition) is 1. The minimum Gasteiger partial charge on any atom is -0.468 e. The molecule has 0 aliphatic heterocycles. The molecule has 1 atom stereocenters. The Labute approximate surface area is 116 Å². The van der Waals surface area contributed by atoms with E-state index in [9.17, 15) is 9.59 Å². The number of amides is 1. The fraction of sp³-hybridized carbons (Fsp3) is 0.857. The van der Waals surface area contributed by atoms with E-state index in [0.29, 0.717) is 5.92 Å². The third-order valence-corrected chi connectivity index (χ3v) is 2.87. The Balaban J connectivity index is 3.80. The van der Waals surface area contributed by atoms with Crippen molar-refractivity contribution in [2.24, 2.45) is 5.92 Å². The molecule has 112 valence electrons. The summed E-state index contributed by atoms with van der Waals surface area (Å²) in [5.41, 5.74) is 0. The van der Waals surface area contributed by atoms with Crippen molar-refractivity contribution >= 4 is 11.9 Å². The maximum atomic E-state index is 11.7. The van der Waals surface area contributed by atoms with E-state index in [-0.39, 0.29) is 31.0 Å². The van der Waals surface area contributed by atoms with Gasteiger partial charge in [0, 0.05) is 6.04 Å². The molecular weight excluding hydrogens is 244 g/mol. The third-order valence-electron chi connectivity index (χ3n) is 2.87. The molecule has 0 aromatic rings. The first-order chi connectivity index (χ1) is 8.85. The Kier molecular flexibility index (Phi) is 9.21. The quantitative estimate of drug-likeness (QED) is 0.645. The van der Waals surface area contributed by atoms with Crippen LogP contribution < -0.4 is 5.32 Å². The topological polar surface area (TPSA) is 58.6 Å². The molecule has 0 saturated carbocycles. The highest BCUT2D eigenvalue weighted by atomic mass is 16.5. The summed E-state index contributed by atoms with van der Waals surface area (Å²) in [7, 11) is 3.06. The Bertz CT molecular complexity index is 280. The van der Waals surface area contributed by atoms with Gasteiger partial charge in [0.1, 0.15) is 0 Å². The van der Waals surface area contributed by atoms with Crippen molar-refractivity contribution in [3.63, 3.8) is 0 Å². The molecule has 0 saturated heterocycles. The van der Waals surface area contributed by atoms with Crippen LogP contribution in [0, 0.1) is 5.92 Å². The summed E-state index contributed by atoms with van der Waals surface area (Å²) in [6, 6.07) is 0.178. The molecule has 5 nitrogen and oxygen atoms in total. The number of nitrogens with zero attached hydrogens (tertiary/aromatic N) is 1. The molecule has 1 amide bonds. The number of nitrogens with one attached hydrogen (secondary N) is 1. The number of methoxy groups -OCH3 is 1. The molecule has 0 aromatic heterocycles. The predicted octanol–water partition coefficient (Wildman–Crippen LogP) is 1.42. The Morgan fingerprint density at radius 2 is 1.79 bits per heavy atom. The summed E-state index contributed by atoms with van der Waals surface area (Å²) in [5, 5.41) is 2.94. The van der Waals surface area contributed by atoms with Crippen LogP contribution in [0.25, 0.3) is 0 Å². The summed E-state index contributed by atoms with van der Waals surface area (Å²) >= 11 is 0. The van der Waals surface area contributed by atoms with Crippen molar-refractivity contribution in [2.75, 3.05) is 27.2 Å². The molecule has 5 heteroatoms. The number of esters is 1. The number of carbonyl (C=O) groups is 2. The second kappa shape index (κ2) is 9.78. The summed E-state index contributed by atoms with van der Waals surface area (Å²) < 4.78 is 4.55. The monoisotopic (exact) mass is 272 g/mol. The van der Waals surface area contributed by atoms with Crippen LogP contribution in [-0.4, -0.2) is 50.1 Å². The van der Waals surface area contributed by atoms with Crippen molar-refractivity contribution in [1.29, 1.82) is 0 Å². The lowest BCUT2D eigenvalue weighted by Gasteiger charge is -2.18. The Hall–Kier alpha value is -1.10. The molecule has 0 rings (SSSR count). The first kappa shape index (κ1) is 17.9. The molecule has 0 fully saturated rings. The second-order valence-corrected chi connectivity index (χ2v) is 5.54. The minimum absolute atomic E-state index is 0.0524. The molecule has 0 bridgehead atoms. The van der Waals surface area contributed by atoms with Crippen LogP contribution in [0.4, 0.5) is 0 Å². The van der Waals surface area contributed by atoms with Crippen molar-refractivity contribution in [3.05, 3.63) is 0 Å². The minimum atomic E-state index is -0.333. The molecule has 1 N–H and O–H groups in total. The van der Waals surface area contributed by atoms with Gasteiger partial charge >= 0.3 is 5.97 Å². The van der Waals surface area contributed by atoms with Crippen LogP contribution in [0.1, 0.15) is 40.0 Å². The van der Waals surface area contributed by atoms with Gasteiger partial charge < -0.3 is 10.1 Å². The van der Waals surface area contributed by atoms with Gasteiger partial charge in [0.25, 0.3) is 0 Å². The van der Waals surface area contributed by atoms with Crippen LogP contribution in [0.2, 0.25) is 0 Å². The summed E-state index contributed by atoms with van der Waals surface area (Å²) in [5.74, 6) is 0.317. The molecule has 0 aliphatic rings. The largest absolute Gasteiger partial charge is 0.468 e. The summed E-state index contributed by atoms with van der Waals surface area (Å²) in [4.78, 5) is 24.4. The maximum absolute atomic E-state index is 11.7. The van der Waals surface area contributed by atoms with Gasteiger partial charge in [-0.15, -0.1) is 0 Å². The van der Waals surface area contributed by atoms with E-state index in [0.717, 1.165) is 12.8 Å². The van der Waals surface area contributed by atoms with Crippen molar-refractivity contribution in [3.8, 4) is 0 Å². The van der Waals surface area contributed by atoms with Crippen molar-refractivity contribution in [1.82, 2.24) is 10.2 Å². The molecular formula is C14H28N2O3. The van der Waals surface area contributed by atoms with Crippen molar-refractivity contribution in [2.45, 2.75) is 46.1 Å². The SMILES string of the molecule is COC(=O)CN(C)CC(=O)NC(C)CCCC(C)C. The average Bonchev–Trinajstić information content (AvgIpc) is 2.27. The molecule has 0 aromatic carbocycles. The highest BCUT2D eigenvalue weighted by Crippen LogP contribution is 2.08. The molecule has 19 heavy (non-hydrogen) atoms. The van der Waals surface area contributed by atoms with Crippen molar-refractivity contribution < 1.29 is 14.3 Å². The highest BCUT2D eigenvalue weighted by molar-refractivity contribution is 5.79. The van der Waals surface area contributed by atoms with Crippen LogP contribution in [0.5, 0.6) is 0 Å². The lowest BCUT2D eigenvalue weighted by molar-refractivity contribution is -0.141. The van der Waals surface area contributed by atoms with E-state index >= 15 is 0 Å². The first-order valence-electron chi connectivity index (χ1n) is 6.89. The highest BCUT2D eigenvalue weighted by Gasteiger charge is 2.12. The number of carbonyl (C=O) groups excluding carboxylic acids is 2. The molecule has 1 unspecified atom stereocenters. The Morgan fingerprint density at radius 3 is 2.32 bits per heavy atom. The molecule has 0 spiro atoms. The standard InChI is InChI=1S/C14H28N2O3/c1-11(2)7-6-8-12(3)15-13(17)9-16(4)10-14(18)19-5/h11-12H,6-10H2,1-5H3,(H,15,17). The smallest absolute Gasteiger partial charge is 0.319 e. The molecule has 0 radical (unpaired) electrons. The lowest BCUT2D eigenvalue weighted by atomic mass is 10.0. The zero-order chi connectivity index (χ0) is 14.8. The summed E-state index contributed by atoms with van der Waals surface area (Å²) in [6.07, 6.45) is 3.30. The average molecular weight is 272 g/mol. The third kappa shape index (κ3) is 10.5. The summed E-state index contributed by atoms with van der Waals surface area (Å²) in [6.45, 7) is 6.75. The number of likely N-dealkylation sites (N-methyl/N-ethyl adjacent to an activating group) is 1. The van der Waals surface area contributed by atoms with Crippen LogP contribution in [0.15, 0.2) is 0 Å². The van der Waals surface area contributed by atoms with Gasteiger partial charge in [0.05, 0.1) is 20.2 Å². The van der Waals surface area contributed by atoms with Gasteiger partial charge in [0.2, 0.25) is 5.91 Å². The zero-order valence-electron chi connectivity index (χ0n) is 12.9. The van der Waals surface area contributed by atoms with E-state index in [2.05, 4.69) is 23.9 Å². The van der Waals surface area contributed by atoms with E-state index in [1.54, 1.807) is 11.9 Å². The Morgan fingerprint density at radius 1 is 1.16 bits per heavy atom. The van der Waals surface area contributed by atoms with E-state index in [1.807, 2.05) is 6.92 Å². The fourth-order valence-electron chi connectivity index (χ4n) is 1.81. The molecule has 0 aliphatic carbocycles. The predicted molar refractivity (Wildman–Crippen MR) is 75.8 cm³/mol. The lowest BCUT2D eigenvalue weighted by Crippen LogP contribution is -2.41. The van der Waals surface area contributed by atoms with Gasteiger partial charge in [0.15, 0.2) is 0 Å². The number of ether oxygens (including phenoxy) is 1. The van der Waals surface area contributed by atoms with Crippen LogP contribution >= 0.6 is 0 Å². The normalized spacial score (nSPS) is 12.6. The van der Waals surface area contributed by atoms with E-state index in [1.165, 1.54) is 13.5 Å². The van der Waals surface area contributed by atoms with E-state index in [4.69, 9.17) is 0 Å². The van der Waals surface area contributed by atoms with E-state index < -0.39 is 0 Å². The molecule has 0 heterocycles. The maximum Gasteiger partial charge on any atom is 0.319 e.